The Bertz CT molecular complexity index is 499. The van der Waals surface area contributed by atoms with Crippen LogP contribution in [-0.4, -0.2) is 12.6 Å². The molecule has 0 amide bonds. The lowest BCUT2D eigenvalue weighted by Crippen LogP contribution is -2.18. The van der Waals surface area contributed by atoms with E-state index in [1.54, 1.807) is 0 Å². The summed E-state index contributed by atoms with van der Waals surface area (Å²) in [5.41, 5.74) is 3.01. The van der Waals surface area contributed by atoms with Gasteiger partial charge in [-0.1, -0.05) is 43.5 Å². The summed E-state index contributed by atoms with van der Waals surface area (Å²) in [5, 5.41) is 0. The molecule has 0 aliphatic heterocycles. The van der Waals surface area contributed by atoms with Crippen molar-refractivity contribution in [2.24, 2.45) is 5.92 Å². The molecule has 2 aliphatic carbocycles. The van der Waals surface area contributed by atoms with E-state index in [4.69, 9.17) is 4.74 Å². The fraction of sp³-hybridized carbons (Fsp3) is 0.667. The van der Waals surface area contributed by atoms with E-state index in [2.05, 4.69) is 24.3 Å². The van der Waals surface area contributed by atoms with Crippen LogP contribution in [0.5, 0.6) is 0 Å². The molecule has 0 saturated heterocycles. The van der Waals surface area contributed by atoms with E-state index in [0.29, 0.717) is 24.9 Å². The molecule has 2 aliphatic rings. The van der Waals surface area contributed by atoms with Crippen molar-refractivity contribution in [3.8, 4) is 0 Å². The fourth-order valence-electron chi connectivity index (χ4n) is 4.53. The van der Waals surface area contributed by atoms with Crippen LogP contribution in [0.15, 0.2) is 24.3 Å². The molecule has 1 aromatic rings. The van der Waals surface area contributed by atoms with Crippen molar-refractivity contribution in [2.75, 3.05) is 6.61 Å². The van der Waals surface area contributed by atoms with Crippen LogP contribution in [0.3, 0.4) is 0 Å². The zero-order chi connectivity index (χ0) is 16.1. The summed E-state index contributed by atoms with van der Waals surface area (Å²) in [6.07, 6.45) is 10.9. The highest BCUT2D eigenvalue weighted by atomic mass is 16.5. The lowest BCUT2D eigenvalue weighted by Gasteiger charge is -2.29. The number of benzene rings is 1. The van der Waals surface area contributed by atoms with Gasteiger partial charge in [0.2, 0.25) is 0 Å². The van der Waals surface area contributed by atoms with Crippen molar-refractivity contribution in [1.82, 2.24) is 0 Å². The van der Waals surface area contributed by atoms with E-state index in [9.17, 15) is 4.79 Å². The maximum absolute atomic E-state index is 11.7. The van der Waals surface area contributed by atoms with Gasteiger partial charge in [0.25, 0.3) is 0 Å². The standard InChI is InChI=1S/C21H30O2/c1-2-23-21(22)15-16-6-5-9-20(14-16)19-12-10-18(11-13-19)17-7-3-4-8-17/h10-13,16-17,20H,2-9,14-15H2,1H3. The van der Waals surface area contributed by atoms with Crippen molar-refractivity contribution in [2.45, 2.75) is 76.5 Å². The molecule has 3 rings (SSSR count). The zero-order valence-corrected chi connectivity index (χ0v) is 14.4. The molecule has 0 heterocycles. The minimum atomic E-state index is -0.0188. The molecule has 0 radical (unpaired) electrons. The summed E-state index contributed by atoms with van der Waals surface area (Å²) in [4.78, 5) is 11.7. The van der Waals surface area contributed by atoms with E-state index in [0.717, 1.165) is 12.3 Å². The molecule has 2 atom stereocenters. The molecule has 0 bridgehead atoms. The van der Waals surface area contributed by atoms with Crippen LogP contribution in [0.2, 0.25) is 0 Å². The van der Waals surface area contributed by atoms with Crippen LogP contribution >= 0.6 is 0 Å². The Hall–Kier alpha value is -1.31. The quantitative estimate of drug-likeness (QED) is 0.664. The predicted octanol–water partition coefficient (Wildman–Crippen LogP) is 5.57. The van der Waals surface area contributed by atoms with Crippen molar-refractivity contribution in [1.29, 1.82) is 0 Å². The van der Waals surface area contributed by atoms with Gasteiger partial charge >= 0.3 is 5.97 Å². The Morgan fingerprint density at radius 3 is 2.22 bits per heavy atom. The first-order valence-corrected chi connectivity index (χ1v) is 9.51. The van der Waals surface area contributed by atoms with E-state index < -0.39 is 0 Å². The number of carbonyl (C=O) groups excluding carboxylic acids is 1. The molecule has 0 N–H and O–H groups in total. The Balaban J connectivity index is 1.58. The maximum Gasteiger partial charge on any atom is 0.306 e. The van der Waals surface area contributed by atoms with Crippen molar-refractivity contribution in [3.63, 3.8) is 0 Å². The molecule has 2 heteroatoms. The van der Waals surface area contributed by atoms with Gasteiger partial charge in [0.05, 0.1) is 6.61 Å². The van der Waals surface area contributed by atoms with Gasteiger partial charge in [-0.25, -0.2) is 0 Å². The Morgan fingerprint density at radius 1 is 0.957 bits per heavy atom. The number of carbonyl (C=O) groups is 1. The smallest absolute Gasteiger partial charge is 0.306 e. The monoisotopic (exact) mass is 314 g/mol. The van der Waals surface area contributed by atoms with E-state index >= 15 is 0 Å². The summed E-state index contributed by atoms with van der Waals surface area (Å²) in [7, 11) is 0. The first-order valence-electron chi connectivity index (χ1n) is 9.51. The van der Waals surface area contributed by atoms with Crippen molar-refractivity contribution >= 4 is 5.97 Å². The predicted molar refractivity (Wildman–Crippen MR) is 93.6 cm³/mol. The number of ether oxygens (including phenoxy) is 1. The molecule has 1 aromatic carbocycles. The van der Waals surface area contributed by atoms with Gasteiger partial charge in [-0.3, -0.25) is 4.79 Å². The van der Waals surface area contributed by atoms with Crippen LogP contribution in [0, 0.1) is 5.92 Å². The second-order valence-corrected chi connectivity index (χ2v) is 7.39. The maximum atomic E-state index is 11.7. The summed E-state index contributed by atoms with van der Waals surface area (Å²) in [6, 6.07) is 9.43. The molecule has 0 aromatic heterocycles. The lowest BCUT2D eigenvalue weighted by molar-refractivity contribution is -0.144. The van der Waals surface area contributed by atoms with Crippen LogP contribution < -0.4 is 0 Å². The summed E-state index contributed by atoms with van der Waals surface area (Å²) in [6.45, 7) is 2.38. The lowest BCUT2D eigenvalue weighted by atomic mass is 9.76. The van der Waals surface area contributed by atoms with Gasteiger partial charge in [0.15, 0.2) is 0 Å². The molecular weight excluding hydrogens is 284 g/mol. The summed E-state index contributed by atoms with van der Waals surface area (Å²) < 4.78 is 5.12. The SMILES string of the molecule is CCOC(=O)CC1CCCC(c2ccc(C3CCCC3)cc2)C1. The topological polar surface area (TPSA) is 26.3 Å². The van der Waals surface area contributed by atoms with Gasteiger partial charge in [-0.15, -0.1) is 0 Å². The Morgan fingerprint density at radius 2 is 1.57 bits per heavy atom. The highest BCUT2D eigenvalue weighted by molar-refractivity contribution is 5.69. The van der Waals surface area contributed by atoms with Gasteiger partial charge < -0.3 is 4.74 Å². The molecule has 2 unspecified atom stereocenters. The largest absolute Gasteiger partial charge is 0.466 e. The molecule has 23 heavy (non-hydrogen) atoms. The number of hydrogen-bond donors (Lipinski definition) is 0. The number of rotatable bonds is 5. The van der Waals surface area contributed by atoms with Crippen LogP contribution in [0.1, 0.15) is 87.7 Å². The first kappa shape index (κ1) is 16.5. The average molecular weight is 314 g/mol. The zero-order valence-electron chi connectivity index (χ0n) is 14.4. The van der Waals surface area contributed by atoms with E-state index in [-0.39, 0.29) is 5.97 Å². The molecular formula is C21H30O2. The van der Waals surface area contributed by atoms with Crippen LogP contribution in [0.4, 0.5) is 0 Å². The normalized spacial score (nSPS) is 25.4. The van der Waals surface area contributed by atoms with Crippen LogP contribution in [-0.2, 0) is 9.53 Å². The number of esters is 1. The van der Waals surface area contributed by atoms with E-state index in [1.807, 2.05) is 6.92 Å². The summed E-state index contributed by atoms with van der Waals surface area (Å²) >= 11 is 0. The third-order valence-electron chi connectivity index (χ3n) is 5.78. The van der Waals surface area contributed by atoms with Gasteiger partial charge in [-0.2, -0.15) is 0 Å². The first-order chi connectivity index (χ1) is 11.3. The Kier molecular flexibility index (Phi) is 5.75. The molecule has 0 spiro atoms. The second kappa shape index (κ2) is 7.99. The second-order valence-electron chi connectivity index (χ2n) is 7.39. The third kappa shape index (κ3) is 4.37. The minimum Gasteiger partial charge on any atom is -0.466 e. The summed E-state index contributed by atoms with van der Waals surface area (Å²) in [5.74, 6) is 1.91. The average Bonchev–Trinajstić information content (AvgIpc) is 3.10. The molecule has 126 valence electrons. The Labute approximate surface area is 140 Å². The van der Waals surface area contributed by atoms with Crippen molar-refractivity contribution in [3.05, 3.63) is 35.4 Å². The minimum absolute atomic E-state index is 0.0188. The highest BCUT2D eigenvalue weighted by Crippen LogP contribution is 2.39. The molecule has 2 fully saturated rings. The molecule has 2 saturated carbocycles. The van der Waals surface area contributed by atoms with Gasteiger partial charge in [-0.05, 0) is 67.9 Å². The van der Waals surface area contributed by atoms with Crippen LogP contribution in [0.25, 0.3) is 0 Å². The van der Waals surface area contributed by atoms with E-state index in [1.165, 1.54) is 56.1 Å². The number of hydrogen-bond acceptors (Lipinski definition) is 2. The third-order valence-corrected chi connectivity index (χ3v) is 5.78. The molecule has 2 nitrogen and oxygen atoms in total. The highest BCUT2D eigenvalue weighted by Gasteiger charge is 2.25. The van der Waals surface area contributed by atoms with Crippen molar-refractivity contribution < 1.29 is 9.53 Å². The van der Waals surface area contributed by atoms with Gasteiger partial charge in [0.1, 0.15) is 0 Å². The van der Waals surface area contributed by atoms with Gasteiger partial charge in [0, 0.05) is 6.42 Å². The fourth-order valence-corrected chi connectivity index (χ4v) is 4.53.